The first-order valence-electron chi connectivity index (χ1n) is 5.46. The molecular formula is C13H16ClFO3. The lowest BCUT2D eigenvalue weighted by Gasteiger charge is -2.20. The van der Waals surface area contributed by atoms with Crippen molar-refractivity contribution in [3.05, 3.63) is 28.5 Å². The molecule has 5 heteroatoms. The Morgan fingerprint density at radius 1 is 1.39 bits per heavy atom. The van der Waals surface area contributed by atoms with E-state index in [1.165, 1.54) is 19.2 Å². The minimum absolute atomic E-state index is 0.0419. The Kier molecular flexibility index (Phi) is 4.57. The number of esters is 1. The van der Waals surface area contributed by atoms with E-state index in [4.69, 9.17) is 21.1 Å². The van der Waals surface area contributed by atoms with Gasteiger partial charge in [-0.05, 0) is 26.8 Å². The predicted molar refractivity (Wildman–Crippen MR) is 67.5 cm³/mol. The standard InChI is InChI=1S/C13H16ClFO3/c1-13(2,3)18-12(16)6-8-5-10(15)9(14)7-11(8)17-4/h5,7H,6H2,1-4H3. The molecule has 0 aliphatic carbocycles. The Morgan fingerprint density at radius 2 is 2.00 bits per heavy atom. The average Bonchev–Trinajstić information content (AvgIpc) is 2.20. The van der Waals surface area contributed by atoms with Gasteiger partial charge in [-0.1, -0.05) is 11.6 Å². The zero-order valence-corrected chi connectivity index (χ0v) is 11.6. The predicted octanol–water partition coefficient (Wildman–Crippen LogP) is 3.37. The molecule has 0 aliphatic rings. The number of carbonyl (C=O) groups excluding carboxylic acids is 1. The van der Waals surface area contributed by atoms with Crippen LogP contribution in [0.1, 0.15) is 26.3 Å². The van der Waals surface area contributed by atoms with Gasteiger partial charge in [-0.2, -0.15) is 0 Å². The van der Waals surface area contributed by atoms with Crippen molar-refractivity contribution in [2.24, 2.45) is 0 Å². The van der Waals surface area contributed by atoms with Gasteiger partial charge < -0.3 is 9.47 Å². The van der Waals surface area contributed by atoms with Crippen molar-refractivity contribution < 1.29 is 18.7 Å². The van der Waals surface area contributed by atoms with E-state index < -0.39 is 17.4 Å². The van der Waals surface area contributed by atoms with Crippen LogP contribution in [-0.4, -0.2) is 18.7 Å². The second-order valence-corrected chi connectivity index (χ2v) is 5.25. The molecule has 0 N–H and O–H groups in total. The minimum atomic E-state index is -0.587. The van der Waals surface area contributed by atoms with Gasteiger partial charge in [0.15, 0.2) is 0 Å². The second-order valence-electron chi connectivity index (χ2n) is 4.84. The van der Waals surface area contributed by atoms with E-state index >= 15 is 0 Å². The molecule has 0 amide bonds. The van der Waals surface area contributed by atoms with Crippen LogP contribution in [0.5, 0.6) is 5.75 Å². The number of hydrogen-bond donors (Lipinski definition) is 0. The maximum absolute atomic E-state index is 13.3. The molecule has 0 saturated carbocycles. The van der Waals surface area contributed by atoms with E-state index in [-0.39, 0.29) is 11.4 Å². The summed E-state index contributed by atoms with van der Waals surface area (Å²) in [5.41, 5.74) is -0.163. The summed E-state index contributed by atoms with van der Waals surface area (Å²) in [5.74, 6) is -0.661. The molecule has 0 unspecified atom stereocenters. The lowest BCUT2D eigenvalue weighted by atomic mass is 10.1. The van der Waals surface area contributed by atoms with Crippen LogP contribution < -0.4 is 4.74 Å². The number of benzene rings is 1. The number of carbonyl (C=O) groups is 1. The van der Waals surface area contributed by atoms with Crippen LogP contribution in [-0.2, 0) is 16.0 Å². The van der Waals surface area contributed by atoms with Gasteiger partial charge in [0.1, 0.15) is 17.2 Å². The summed E-state index contributed by atoms with van der Waals surface area (Å²) in [5, 5.41) is -0.0419. The van der Waals surface area contributed by atoms with E-state index in [1.54, 1.807) is 20.8 Å². The summed E-state index contributed by atoms with van der Waals surface area (Å²) in [4.78, 5) is 11.7. The summed E-state index contributed by atoms with van der Waals surface area (Å²) < 4.78 is 23.6. The Bertz CT molecular complexity index is 452. The van der Waals surface area contributed by atoms with Gasteiger partial charge >= 0.3 is 5.97 Å². The number of hydrogen-bond acceptors (Lipinski definition) is 3. The molecule has 3 nitrogen and oxygen atoms in total. The first-order valence-corrected chi connectivity index (χ1v) is 5.84. The second kappa shape index (κ2) is 5.57. The molecule has 100 valence electrons. The number of ether oxygens (including phenoxy) is 2. The number of rotatable bonds is 3. The van der Waals surface area contributed by atoms with Crippen LogP contribution in [0.4, 0.5) is 4.39 Å². The number of methoxy groups -OCH3 is 1. The fraction of sp³-hybridized carbons (Fsp3) is 0.462. The Balaban J connectivity index is 2.90. The van der Waals surface area contributed by atoms with E-state index in [2.05, 4.69) is 0 Å². The summed E-state index contributed by atoms with van der Waals surface area (Å²) >= 11 is 5.64. The third kappa shape index (κ3) is 4.18. The highest BCUT2D eigenvalue weighted by Crippen LogP contribution is 2.27. The average molecular weight is 275 g/mol. The first-order chi connectivity index (χ1) is 8.23. The maximum Gasteiger partial charge on any atom is 0.310 e. The Morgan fingerprint density at radius 3 is 2.50 bits per heavy atom. The van der Waals surface area contributed by atoms with Crippen LogP contribution in [0.25, 0.3) is 0 Å². The third-order valence-electron chi connectivity index (χ3n) is 2.08. The Labute approximate surface area is 111 Å². The molecule has 0 heterocycles. The van der Waals surface area contributed by atoms with Gasteiger partial charge in [0.25, 0.3) is 0 Å². The third-order valence-corrected chi connectivity index (χ3v) is 2.37. The van der Waals surface area contributed by atoms with E-state index in [1.807, 2.05) is 0 Å². The monoisotopic (exact) mass is 274 g/mol. The van der Waals surface area contributed by atoms with Crippen LogP contribution in [0.3, 0.4) is 0 Å². The largest absolute Gasteiger partial charge is 0.496 e. The molecule has 1 aromatic carbocycles. The van der Waals surface area contributed by atoms with Gasteiger partial charge in [-0.15, -0.1) is 0 Å². The molecular weight excluding hydrogens is 259 g/mol. The topological polar surface area (TPSA) is 35.5 Å². The molecule has 0 atom stereocenters. The fourth-order valence-electron chi connectivity index (χ4n) is 1.43. The van der Waals surface area contributed by atoms with Crippen LogP contribution >= 0.6 is 11.6 Å². The normalized spacial score (nSPS) is 11.2. The molecule has 0 fully saturated rings. The zero-order chi connectivity index (χ0) is 13.9. The van der Waals surface area contributed by atoms with Crippen molar-refractivity contribution in [3.8, 4) is 5.75 Å². The van der Waals surface area contributed by atoms with E-state index in [0.717, 1.165) is 0 Å². The van der Waals surface area contributed by atoms with Crippen LogP contribution in [0.15, 0.2) is 12.1 Å². The molecule has 0 aromatic heterocycles. The van der Waals surface area contributed by atoms with Gasteiger partial charge in [0.05, 0.1) is 18.6 Å². The zero-order valence-electron chi connectivity index (χ0n) is 10.8. The number of halogens is 2. The first kappa shape index (κ1) is 14.8. The summed E-state index contributed by atoms with van der Waals surface area (Å²) in [7, 11) is 1.43. The quantitative estimate of drug-likeness (QED) is 0.793. The van der Waals surface area contributed by atoms with Crippen molar-refractivity contribution >= 4 is 17.6 Å². The molecule has 18 heavy (non-hydrogen) atoms. The maximum atomic E-state index is 13.3. The highest BCUT2D eigenvalue weighted by Gasteiger charge is 2.19. The molecule has 1 aromatic rings. The summed E-state index contributed by atoms with van der Waals surface area (Å²) in [6.45, 7) is 5.31. The van der Waals surface area contributed by atoms with Gasteiger partial charge in [-0.25, -0.2) is 4.39 Å². The fourth-order valence-corrected chi connectivity index (χ4v) is 1.58. The molecule has 0 saturated heterocycles. The Hall–Kier alpha value is -1.29. The molecule has 0 bridgehead atoms. The van der Waals surface area contributed by atoms with Crippen molar-refractivity contribution in [1.82, 2.24) is 0 Å². The lowest BCUT2D eigenvalue weighted by Crippen LogP contribution is -2.25. The summed E-state index contributed by atoms with van der Waals surface area (Å²) in [6, 6.07) is 2.53. The van der Waals surface area contributed by atoms with E-state index in [0.29, 0.717) is 11.3 Å². The SMILES string of the molecule is COc1cc(Cl)c(F)cc1CC(=O)OC(C)(C)C. The van der Waals surface area contributed by atoms with Crippen molar-refractivity contribution in [1.29, 1.82) is 0 Å². The smallest absolute Gasteiger partial charge is 0.310 e. The minimum Gasteiger partial charge on any atom is -0.496 e. The van der Waals surface area contributed by atoms with Gasteiger partial charge in [-0.3, -0.25) is 4.79 Å². The molecule has 1 rings (SSSR count). The van der Waals surface area contributed by atoms with E-state index in [9.17, 15) is 9.18 Å². The highest BCUT2D eigenvalue weighted by atomic mass is 35.5. The van der Waals surface area contributed by atoms with Gasteiger partial charge in [0, 0.05) is 11.6 Å². The molecule has 0 radical (unpaired) electrons. The molecule has 0 spiro atoms. The molecule has 0 aliphatic heterocycles. The van der Waals surface area contributed by atoms with Gasteiger partial charge in [0.2, 0.25) is 0 Å². The lowest BCUT2D eigenvalue weighted by molar-refractivity contribution is -0.153. The van der Waals surface area contributed by atoms with Crippen LogP contribution in [0, 0.1) is 5.82 Å². The van der Waals surface area contributed by atoms with Crippen LogP contribution in [0.2, 0.25) is 5.02 Å². The highest BCUT2D eigenvalue weighted by molar-refractivity contribution is 6.30. The summed E-state index contributed by atoms with van der Waals surface area (Å²) in [6.07, 6.45) is -0.0610. The van der Waals surface area contributed by atoms with Crippen molar-refractivity contribution in [2.75, 3.05) is 7.11 Å². The van der Waals surface area contributed by atoms with Crippen molar-refractivity contribution in [2.45, 2.75) is 32.8 Å². The van der Waals surface area contributed by atoms with Crippen molar-refractivity contribution in [3.63, 3.8) is 0 Å².